The summed E-state index contributed by atoms with van der Waals surface area (Å²) >= 11 is 1.75. The van der Waals surface area contributed by atoms with Gasteiger partial charge >= 0.3 is 0 Å². The molecular formula is C13H18FIN2O2. The average Bonchev–Trinajstić information content (AvgIpc) is 2.32. The van der Waals surface area contributed by atoms with E-state index in [1.165, 1.54) is 12.1 Å². The van der Waals surface area contributed by atoms with Gasteiger partial charge < -0.3 is 5.32 Å². The van der Waals surface area contributed by atoms with E-state index in [4.69, 9.17) is 0 Å². The summed E-state index contributed by atoms with van der Waals surface area (Å²) in [6.45, 7) is 6.18. The summed E-state index contributed by atoms with van der Waals surface area (Å²) in [4.78, 5) is 10.5. The Balaban J connectivity index is 2.93. The summed E-state index contributed by atoms with van der Waals surface area (Å²) < 4.78 is 13.8. The number of hydrogen-bond acceptors (Lipinski definition) is 3. The van der Waals surface area contributed by atoms with Crippen LogP contribution in [0, 0.1) is 25.4 Å². The molecule has 1 aromatic rings. The van der Waals surface area contributed by atoms with Crippen LogP contribution in [0.2, 0.25) is 0 Å². The van der Waals surface area contributed by atoms with E-state index >= 15 is 0 Å². The molecule has 2 atom stereocenters. The molecule has 0 heterocycles. The van der Waals surface area contributed by atoms with Gasteiger partial charge in [-0.3, -0.25) is 10.1 Å². The standard InChI is InChI=1S/C13H18FIN2O2/c1-4-8(2)5-9(3)16-12-6-10(14)11(15)7-13(12)17(18)19/h6-9,16H,4-5H2,1-3H3. The first-order chi connectivity index (χ1) is 8.85. The summed E-state index contributed by atoms with van der Waals surface area (Å²) in [5, 5.41) is 14.0. The third kappa shape index (κ3) is 4.59. The van der Waals surface area contributed by atoms with Crippen molar-refractivity contribution in [1.82, 2.24) is 0 Å². The van der Waals surface area contributed by atoms with E-state index in [9.17, 15) is 14.5 Å². The van der Waals surface area contributed by atoms with E-state index < -0.39 is 10.7 Å². The van der Waals surface area contributed by atoms with E-state index in [0.29, 0.717) is 5.92 Å². The Morgan fingerprint density at radius 2 is 2.11 bits per heavy atom. The van der Waals surface area contributed by atoms with Crippen molar-refractivity contribution in [3.05, 3.63) is 31.6 Å². The highest BCUT2D eigenvalue weighted by molar-refractivity contribution is 14.1. The van der Waals surface area contributed by atoms with Crippen molar-refractivity contribution in [2.45, 2.75) is 39.7 Å². The van der Waals surface area contributed by atoms with Gasteiger partial charge in [-0.25, -0.2) is 4.39 Å². The maximum Gasteiger partial charge on any atom is 0.293 e. The molecule has 19 heavy (non-hydrogen) atoms. The predicted octanol–water partition coefficient (Wildman–Crippen LogP) is 4.58. The lowest BCUT2D eigenvalue weighted by Gasteiger charge is -2.18. The first kappa shape index (κ1) is 16.1. The van der Waals surface area contributed by atoms with Crippen molar-refractivity contribution in [2.24, 2.45) is 5.92 Å². The molecule has 106 valence electrons. The fourth-order valence-electron chi connectivity index (χ4n) is 1.90. The Morgan fingerprint density at radius 1 is 1.47 bits per heavy atom. The molecule has 0 fully saturated rings. The molecule has 0 radical (unpaired) electrons. The molecule has 0 aliphatic rings. The van der Waals surface area contributed by atoms with Crippen LogP contribution < -0.4 is 5.32 Å². The van der Waals surface area contributed by atoms with Crippen LogP contribution in [-0.4, -0.2) is 11.0 Å². The maximum absolute atomic E-state index is 13.5. The third-order valence-corrected chi connectivity index (χ3v) is 3.92. The summed E-state index contributed by atoms with van der Waals surface area (Å²) in [5.41, 5.74) is 0.167. The van der Waals surface area contributed by atoms with Crippen LogP contribution in [0.25, 0.3) is 0 Å². The van der Waals surface area contributed by atoms with Crippen molar-refractivity contribution in [3.8, 4) is 0 Å². The molecule has 0 aromatic heterocycles. The molecule has 6 heteroatoms. The van der Waals surface area contributed by atoms with Crippen LogP contribution in [0.4, 0.5) is 15.8 Å². The Labute approximate surface area is 126 Å². The Bertz CT molecular complexity index is 468. The number of rotatable bonds is 6. The van der Waals surface area contributed by atoms with Gasteiger partial charge in [0.05, 0.1) is 8.49 Å². The molecule has 0 bridgehead atoms. The van der Waals surface area contributed by atoms with Crippen LogP contribution in [0.15, 0.2) is 12.1 Å². The Kier molecular flexibility index (Phi) is 5.96. The molecule has 0 amide bonds. The molecule has 0 aliphatic carbocycles. The zero-order valence-electron chi connectivity index (χ0n) is 11.2. The average molecular weight is 380 g/mol. The van der Waals surface area contributed by atoms with Crippen LogP contribution in [0.5, 0.6) is 0 Å². The number of anilines is 1. The second-order valence-electron chi connectivity index (χ2n) is 4.84. The van der Waals surface area contributed by atoms with Crippen molar-refractivity contribution < 1.29 is 9.31 Å². The van der Waals surface area contributed by atoms with E-state index in [2.05, 4.69) is 19.2 Å². The van der Waals surface area contributed by atoms with Gasteiger partial charge in [0, 0.05) is 18.2 Å². The lowest BCUT2D eigenvalue weighted by molar-refractivity contribution is -0.384. The summed E-state index contributed by atoms with van der Waals surface area (Å²) in [5.74, 6) is 0.0830. The van der Waals surface area contributed by atoms with E-state index in [0.717, 1.165) is 12.8 Å². The molecule has 0 saturated heterocycles. The molecular weight excluding hydrogens is 362 g/mol. The summed E-state index contributed by atoms with van der Waals surface area (Å²) in [6, 6.07) is 2.52. The first-order valence-electron chi connectivity index (χ1n) is 6.25. The van der Waals surface area contributed by atoms with Gasteiger partial charge in [0.25, 0.3) is 5.69 Å². The van der Waals surface area contributed by atoms with Gasteiger partial charge in [-0.2, -0.15) is 0 Å². The second kappa shape index (κ2) is 7.02. The molecule has 1 N–H and O–H groups in total. The third-order valence-electron chi connectivity index (χ3n) is 3.09. The van der Waals surface area contributed by atoms with Crippen molar-refractivity contribution in [1.29, 1.82) is 0 Å². The zero-order valence-corrected chi connectivity index (χ0v) is 13.4. The van der Waals surface area contributed by atoms with Gasteiger partial charge in [0.1, 0.15) is 11.5 Å². The number of nitro benzene ring substituents is 1. The molecule has 0 spiro atoms. The Hall–Kier alpha value is -0.920. The second-order valence-corrected chi connectivity index (χ2v) is 6.00. The SMILES string of the molecule is CCC(C)CC(C)Nc1cc(F)c(I)cc1[N+](=O)[O-]. The minimum Gasteiger partial charge on any atom is -0.377 e. The minimum absolute atomic E-state index is 0.0631. The van der Waals surface area contributed by atoms with E-state index in [-0.39, 0.29) is 21.0 Å². The van der Waals surface area contributed by atoms with Crippen molar-refractivity contribution in [3.63, 3.8) is 0 Å². The van der Waals surface area contributed by atoms with Crippen LogP contribution in [-0.2, 0) is 0 Å². The lowest BCUT2D eigenvalue weighted by atomic mass is 10.00. The molecule has 1 rings (SSSR count). The van der Waals surface area contributed by atoms with Crippen molar-refractivity contribution in [2.75, 3.05) is 5.32 Å². The van der Waals surface area contributed by atoms with Gasteiger partial charge in [0.2, 0.25) is 0 Å². The fourth-order valence-corrected chi connectivity index (χ4v) is 2.35. The number of nitro groups is 1. The van der Waals surface area contributed by atoms with E-state index in [1.807, 2.05) is 6.92 Å². The Morgan fingerprint density at radius 3 is 2.63 bits per heavy atom. The highest BCUT2D eigenvalue weighted by Gasteiger charge is 2.19. The predicted molar refractivity (Wildman–Crippen MR) is 82.9 cm³/mol. The monoisotopic (exact) mass is 380 g/mol. The van der Waals surface area contributed by atoms with Gasteiger partial charge in [-0.1, -0.05) is 20.3 Å². The first-order valence-corrected chi connectivity index (χ1v) is 7.33. The minimum atomic E-state index is -0.486. The number of hydrogen-bond donors (Lipinski definition) is 1. The van der Waals surface area contributed by atoms with Crippen LogP contribution in [0.3, 0.4) is 0 Å². The maximum atomic E-state index is 13.5. The number of benzene rings is 1. The largest absolute Gasteiger partial charge is 0.377 e. The number of nitrogens with zero attached hydrogens (tertiary/aromatic N) is 1. The van der Waals surface area contributed by atoms with Gasteiger partial charge in [0.15, 0.2) is 0 Å². The quantitative estimate of drug-likeness (QED) is 0.447. The summed E-state index contributed by atoms with van der Waals surface area (Å²) in [7, 11) is 0. The fraction of sp³-hybridized carbons (Fsp3) is 0.538. The number of nitrogens with one attached hydrogen (secondary N) is 1. The van der Waals surface area contributed by atoms with Crippen molar-refractivity contribution >= 4 is 34.0 Å². The zero-order chi connectivity index (χ0) is 14.6. The molecule has 0 aliphatic heterocycles. The lowest BCUT2D eigenvalue weighted by Crippen LogP contribution is -2.19. The number of halogens is 2. The molecule has 4 nitrogen and oxygen atoms in total. The van der Waals surface area contributed by atoms with Crippen LogP contribution in [0.1, 0.15) is 33.6 Å². The topological polar surface area (TPSA) is 55.2 Å². The molecule has 2 unspecified atom stereocenters. The highest BCUT2D eigenvalue weighted by atomic mass is 127. The normalized spacial score (nSPS) is 13.9. The van der Waals surface area contributed by atoms with Gasteiger partial charge in [-0.15, -0.1) is 0 Å². The highest BCUT2D eigenvalue weighted by Crippen LogP contribution is 2.29. The summed E-state index contributed by atoms with van der Waals surface area (Å²) in [6.07, 6.45) is 1.94. The van der Waals surface area contributed by atoms with E-state index in [1.54, 1.807) is 22.6 Å². The molecule has 0 saturated carbocycles. The van der Waals surface area contributed by atoms with Gasteiger partial charge in [-0.05, 0) is 41.9 Å². The molecule has 1 aromatic carbocycles. The van der Waals surface area contributed by atoms with Crippen LogP contribution >= 0.6 is 22.6 Å². The smallest absolute Gasteiger partial charge is 0.293 e.